The van der Waals surface area contributed by atoms with E-state index in [-0.39, 0.29) is 16.8 Å². The molecule has 0 unspecified atom stereocenters. The molecule has 0 aliphatic carbocycles. The lowest BCUT2D eigenvalue weighted by Crippen LogP contribution is -2.37. The highest BCUT2D eigenvalue weighted by Crippen LogP contribution is 2.29. The Balaban J connectivity index is 1.66. The second-order valence-corrected chi connectivity index (χ2v) is 7.79. The molecule has 0 spiro atoms. The van der Waals surface area contributed by atoms with Gasteiger partial charge in [-0.15, -0.1) is 0 Å². The quantitative estimate of drug-likeness (QED) is 0.396. The number of rotatable bonds is 5. The van der Waals surface area contributed by atoms with Gasteiger partial charge in [-0.1, -0.05) is 58.4 Å². The van der Waals surface area contributed by atoms with Crippen LogP contribution in [-0.4, -0.2) is 36.0 Å². The minimum Gasteiger partial charge on any atom is -0.444 e. The lowest BCUT2D eigenvalue weighted by Gasteiger charge is -2.16. The summed E-state index contributed by atoms with van der Waals surface area (Å²) in [5.74, 6) is -3.23. The first-order chi connectivity index (χ1) is 15.5. The number of hydrogen-bond acceptors (Lipinski definition) is 6. The van der Waals surface area contributed by atoms with E-state index in [2.05, 4.69) is 15.9 Å². The normalized spacial score (nSPS) is 17.8. The number of carbonyl (C=O) groups excluding carboxylic acids is 4. The highest BCUT2D eigenvalue weighted by molar-refractivity contribution is 9.10. The van der Waals surface area contributed by atoms with Gasteiger partial charge in [0.05, 0.1) is 16.8 Å². The number of amides is 2. The van der Waals surface area contributed by atoms with Gasteiger partial charge in [-0.2, -0.15) is 0 Å². The van der Waals surface area contributed by atoms with Gasteiger partial charge >= 0.3 is 11.9 Å². The van der Waals surface area contributed by atoms with Gasteiger partial charge in [0.2, 0.25) is 12.2 Å². The molecule has 0 aromatic heterocycles. The minimum atomic E-state index is -1.62. The van der Waals surface area contributed by atoms with Crippen LogP contribution in [0.3, 0.4) is 0 Å². The average Bonchev–Trinajstić information content (AvgIpc) is 3.04. The van der Waals surface area contributed by atoms with E-state index in [1.54, 1.807) is 60.7 Å². The molecule has 2 amide bonds. The summed E-state index contributed by atoms with van der Waals surface area (Å²) in [4.78, 5) is 52.3. The summed E-state index contributed by atoms with van der Waals surface area (Å²) >= 11 is 3.30. The van der Waals surface area contributed by atoms with Gasteiger partial charge in [0, 0.05) is 4.47 Å². The van der Waals surface area contributed by atoms with Crippen molar-refractivity contribution in [3.05, 3.63) is 101 Å². The van der Waals surface area contributed by atoms with Crippen molar-refractivity contribution >= 4 is 45.4 Å². The van der Waals surface area contributed by atoms with Crippen LogP contribution in [0.5, 0.6) is 0 Å². The van der Waals surface area contributed by atoms with E-state index in [1.165, 1.54) is 24.3 Å². The average molecular weight is 494 g/mol. The number of halogens is 1. The fourth-order valence-electron chi connectivity index (χ4n) is 3.23. The number of esters is 2. The maximum Gasteiger partial charge on any atom is 0.339 e. The molecule has 1 heterocycles. The molecule has 32 heavy (non-hydrogen) atoms. The molecular weight excluding hydrogens is 478 g/mol. The van der Waals surface area contributed by atoms with Crippen molar-refractivity contribution in [2.24, 2.45) is 0 Å². The third-order valence-electron chi connectivity index (χ3n) is 4.76. The molecule has 1 saturated heterocycles. The molecule has 4 rings (SSSR count). The molecule has 0 saturated carbocycles. The van der Waals surface area contributed by atoms with Crippen molar-refractivity contribution in [3.63, 3.8) is 0 Å². The molecule has 0 bridgehead atoms. The fraction of sp³-hybridized carbons (Fsp3) is 0.0833. The largest absolute Gasteiger partial charge is 0.444 e. The van der Waals surface area contributed by atoms with Crippen molar-refractivity contribution in [2.45, 2.75) is 12.2 Å². The number of hydrogen-bond donors (Lipinski definition) is 0. The third kappa shape index (κ3) is 4.31. The first kappa shape index (κ1) is 21.5. The maximum atomic E-state index is 13.1. The molecule has 3 aromatic carbocycles. The van der Waals surface area contributed by atoms with Crippen molar-refractivity contribution in [1.29, 1.82) is 0 Å². The monoisotopic (exact) mass is 493 g/mol. The van der Waals surface area contributed by atoms with Crippen molar-refractivity contribution < 1.29 is 28.7 Å². The molecule has 1 aliphatic heterocycles. The number of benzene rings is 3. The Bertz CT molecular complexity index is 1110. The number of ether oxygens (including phenoxy) is 2. The summed E-state index contributed by atoms with van der Waals surface area (Å²) in [6.45, 7) is 0. The minimum absolute atomic E-state index is 0.196. The topological polar surface area (TPSA) is 90.0 Å². The maximum absolute atomic E-state index is 13.1. The van der Waals surface area contributed by atoms with Crippen LogP contribution < -0.4 is 4.90 Å². The van der Waals surface area contributed by atoms with Crippen LogP contribution in [0.1, 0.15) is 20.7 Å². The number of anilines is 1. The second kappa shape index (κ2) is 9.15. The smallest absolute Gasteiger partial charge is 0.339 e. The molecule has 3 aromatic rings. The van der Waals surface area contributed by atoms with Crippen LogP contribution in [0.15, 0.2) is 89.4 Å². The highest BCUT2D eigenvalue weighted by Gasteiger charge is 2.53. The lowest BCUT2D eigenvalue weighted by atomic mass is 10.2. The van der Waals surface area contributed by atoms with Gasteiger partial charge in [-0.05, 0) is 42.5 Å². The van der Waals surface area contributed by atoms with E-state index in [0.717, 1.165) is 4.90 Å². The van der Waals surface area contributed by atoms with E-state index < -0.39 is 36.0 Å². The Morgan fingerprint density at radius 2 is 1.16 bits per heavy atom. The summed E-state index contributed by atoms with van der Waals surface area (Å²) in [7, 11) is 0. The predicted octanol–water partition coefficient (Wildman–Crippen LogP) is 3.77. The standard InChI is InChI=1S/C24H16BrNO6/c25-17-12-7-13-18(14-17)26-21(27)19(31-23(29)15-8-3-1-4-9-15)20(22(26)28)32-24(30)16-10-5-2-6-11-16/h1-14,19-20H/t19-,20+. The molecule has 0 radical (unpaired) electrons. The zero-order valence-corrected chi connectivity index (χ0v) is 18.1. The van der Waals surface area contributed by atoms with Crippen LogP contribution in [-0.2, 0) is 19.1 Å². The molecule has 1 fully saturated rings. The molecule has 0 N–H and O–H groups in total. The van der Waals surface area contributed by atoms with E-state index >= 15 is 0 Å². The van der Waals surface area contributed by atoms with Crippen LogP contribution >= 0.6 is 15.9 Å². The highest BCUT2D eigenvalue weighted by atomic mass is 79.9. The molecule has 8 heteroatoms. The summed E-state index contributed by atoms with van der Waals surface area (Å²) < 4.78 is 11.4. The van der Waals surface area contributed by atoms with E-state index in [0.29, 0.717) is 4.47 Å². The van der Waals surface area contributed by atoms with Crippen molar-refractivity contribution in [1.82, 2.24) is 0 Å². The Labute approximate surface area is 191 Å². The Hall–Kier alpha value is -3.78. The van der Waals surface area contributed by atoms with Gasteiger partial charge < -0.3 is 9.47 Å². The number of nitrogens with zero attached hydrogens (tertiary/aromatic N) is 1. The Kier molecular flexibility index (Phi) is 6.13. The Morgan fingerprint density at radius 1 is 0.688 bits per heavy atom. The van der Waals surface area contributed by atoms with Gasteiger partial charge in [0.25, 0.3) is 11.8 Å². The summed E-state index contributed by atoms with van der Waals surface area (Å²) in [5, 5.41) is 0. The molecule has 7 nitrogen and oxygen atoms in total. The lowest BCUT2D eigenvalue weighted by molar-refractivity contribution is -0.130. The number of imide groups is 1. The zero-order chi connectivity index (χ0) is 22.7. The van der Waals surface area contributed by atoms with Crippen LogP contribution in [0.4, 0.5) is 5.69 Å². The first-order valence-electron chi connectivity index (χ1n) is 9.61. The predicted molar refractivity (Wildman–Crippen MR) is 118 cm³/mol. The molecule has 160 valence electrons. The summed E-state index contributed by atoms with van der Waals surface area (Å²) in [6, 6.07) is 22.5. The van der Waals surface area contributed by atoms with E-state index in [4.69, 9.17) is 9.47 Å². The van der Waals surface area contributed by atoms with Crippen molar-refractivity contribution in [2.75, 3.05) is 4.90 Å². The van der Waals surface area contributed by atoms with Crippen LogP contribution in [0.25, 0.3) is 0 Å². The second-order valence-electron chi connectivity index (χ2n) is 6.88. The number of carbonyl (C=O) groups is 4. The molecular formula is C24H16BrNO6. The van der Waals surface area contributed by atoms with E-state index in [1.807, 2.05) is 0 Å². The van der Waals surface area contributed by atoms with Gasteiger partial charge in [-0.25, -0.2) is 14.5 Å². The van der Waals surface area contributed by atoms with Crippen molar-refractivity contribution in [3.8, 4) is 0 Å². The Morgan fingerprint density at radius 3 is 1.59 bits per heavy atom. The zero-order valence-electron chi connectivity index (χ0n) is 16.5. The summed E-state index contributed by atoms with van der Waals surface area (Å²) in [6.07, 6.45) is -3.25. The summed E-state index contributed by atoms with van der Waals surface area (Å²) in [5.41, 5.74) is 0.650. The van der Waals surface area contributed by atoms with Gasteiger partial charge in [-0.3, -0.25) is 9.59 Å². The fourth-order valence-corrected chi connectivity index (χ4v) is 3.62. The molecule has 2 atom stereocenters. The van der Waals surface area contributed by atoms with E-state index in [9.17, 15) is 19.2 Å². The third-order valence-corrected chi connectivity index (χ3v) is 5.25. The van der Waals surface area contributed by atoms with Crippen LogP contribution in [0, 0.1) is 0 Å². The first-order valence-corrected chi connectivity index (χ1v) is 10.4. The SMILES string of the molecule is O=C(O[C@@H]1C(=O)N(c2cccc(Br)c2)C(=O)[C@@H]1OC(=O)c1ccccc1)c1ccccc1. The van der Waals surface area contributed by atoms with Gasteiger partial charge in [0.1, 0.15) is 0 Å². The molecule has 1 aliphatic rings. The van der Waals surface area contributed by atoms with Crippen LogP contribution in [0.2, 0.25) is 0 Å². The van der Waals surface area contributed by atoms with Gasteiger partial charge in [0.15, 0.2) is 0 Å².